The van der Waals surface area contributed by atoms with Crippen LogP contribution in [-0.4, -0.2) is 38.3 Å². The lowest BCUT2D eigenvalue weighted by atomic mass is 10.2. The summed E-state index contributed by atoms with van der Waals surface area (Å²) in [5.41, 5.74) is 0. The molecule has 102 valence electrons. The van der Waals surface area contributed by atoms with Crippen LogP contribution in [0.3, 0.4) is 0 Å². The third-order valence-corrected chi connectivity index (χ3v) is 4.46. The third-order valence-electron chi connectivity index (χ3n) is 2.38. The molecule has 0 unspecified atom stereocenters. The molecule has 7 heteroatoms. The van der Waals surface area contributed by atoms with Crippen molar-refractivity contribution in [2.45, 2.75) is 18.7 Å². The molecule has 1 heterocycles. The second-order valence-corrected chi connectivity index (χ2v) is 6.88. The summed E-state index contributed by atoms with van der Waals surface area (Å²) in [5, 5.41) is 3.07. The lowest BCUT2D eigenvalue weighted by molar-refractivity contribution is 0.417. The number of nitrogens with one attached hydrogen (secondary N) is 1. The normalized spacial score (nSPS) is 12.2. The Morgan fingerprint density at radius 3 is 2.56 bits per heavy atom. The molecule has 0 aromatic carbocycles. The second kappa shape index (κ2) is 5.86. The molecule has 1 rings (SSSR count). The molecule has 0 atom stereocenters. The van der Waals surface area contributed by atoms with Crippen molar-refractivity contribution in [2.24, 2.45) is 5.92 Å². The largest absolute Gasteiger partial charge is 0.372 e. The highest BCUT2D eigenvalue weighted by molar-refractivity contribution is 7.89. The highest BCUT2D eigenvalue weighted by Crippen LogP contribution is 2.23. The fourth-order valence-electron chi connectivity index (χ4n) is 1.54. The molecule has 0 spiro atoms. The smallest absolute Gasteiger partial charge is 0.244 e. The Labute approximate surface area is 113 Å². The van der Waals surface area contributed by atoms with Crippen molar-refractivity contribution in [3.8, 4) is 0 Å². The monoisotopic (exact) mass is 291 g/mol. The van der Waals surface area contributed by atoms with Gasteiger partial charge in [-0.15, -0.1) is 0 Å². The number of sulfonamides is 1. The van der Waals surface area contributed by atoms with E-state index in [1.165, 1.54) is 16.6 Å². The molecule has 1 N–H and O–H groups in total. The summed E-state index contributed by atoms with van der Waals surface area (Å²) in [4.78, 5) is 4.08. The molecular weight excluding hydrogens is 274 g/mol. The van der Waals surface area contributed by atoms with Crippen LogP contribution in [0.25, 0.3) is 0 Å². The Bertz CT molecular complexity index is 517. The summed E-state index contributed by atoms with van der Waals surface area (Å²) in [7, 11) is -0.298. The lowest BCUT2D eigenvalue weighted by Crippen LogP contribution is -2.30. The van der Waals surface area contributed by atoms with Gasteiger partial charge in [-0.1, -0.05) is 25.4 Å². The molecule has 0 aliphatic heterocycles. The summed E-state index contributed by atoms with van der Waals surface area (Å²) in [6.45, 7) is 4.37. The number of anilines is 1. The van der Waals surface area contributed by atoms with Crippen LogP contribution in [0.1, 0.15) is 13.8 Å². The van der Waals surface area contributed by atoms with Crippen LogP contribution in [0.2, 0.25) is 5.02 Å². The van der Waals surface area contributed by atoms with Crippen molar-refractivity contribution in [1.82, 2.24) is 9.29 Å². The van der Waals surface area contributed by atoms with E-state index in [-0.39, 0.29) is 15.8 Å². The minimum Gasteiger partial charge on any atom is -0.372 e. The van der Waals surface area contributed by atoms with E-state index in [0.29, 0.717) is 12.4 Å². The topological polar surface area (TPSA) is 62.3 Å². The van der Waals surface area contributed by atoms with Gasteiger partial charge in [0, 0.05) is 26.8 Å². The van der Waals surface area contributed by atoms with Crippen molar-refractivity contribution in [3.05, 3.63) is 17.3 Å². The van der Waals surface area contributed by atoms with Gasteiger partial charge in [0.15, 0.2) is 0 Å². The van der Waals surface area contributed by atoms with Gasteiger partial charge in [0.05, 0.1) is 5.02 Å². The first-order valence-electron chi connectivity index (χ1n) is 5.58. The number of hydrogen-bond donors (Lipinski definition) is 1. The molecule has 1 aromatic rings. The van der Waals surface area contributed by atoms with E-state index in [1.54, 1.807) is 14.1 Å². The fraction of sp³-hybridized carbons (Fsp3) is 0.545. The Kier molecular flexibility index (Phi) is 4.95. The van der Waals surface area contributed by atoms with Crippen molar-refractivity contribution in [1.29, 1.82) is 0 Å². The Hall–Kier alpha value is -0.850. The van der Waals surface area contributed by atoms with Crippen LogP contribution in [0.15, 0.2) is 17.2 Å². The predicted octanol–water partition coefficient (Wildman–Crippen LogP) is 2.05. The number of hydrogen-bond acceptors (Lipinski definition) is 4. The number of halogens is 1. The van der Waals surface area contributed by atoms with Gasteiger partial charge in [-0.05, 0) is 12.0 Å². The molecule has 0 fully saturated rings. The molecule has 0 aliphatic carbocycles. The molecule has 0 amide bonds. The third kappa shape index (κ3) is 3.34. The summed E-state index contributed by atoms with van der Waals surface area (Å²) in [6.07, 6.45) is 1.31. The maximum Gasteiger partial charge on any atom is 0.244 e. The Morgan fingerprint density at radius 1 is 1.50 bits per heavy atom. The molecule has 0 bridgehead atoms. The zero-order valence-electron chi connectivity index (χ0n) is 10.9. The van der Waals surface area contributed by atoms with Gasteiger partial charge in [0.2, 0.25) is 10.0 Å². The molecule has 0 saturated heterocycles. The maximum atomic E-state index is 12.2. The van der Waals surface area contributed by atoms with Crippen LogP contribution in [0, 0.1) is 5.92 Å². The number of aromatic nitrogens is 1. The van der Waals surface area contributed by atoms with Crippen molar-refractivity contribution < 1.29 is 8.42 Å². The van der Waals surface area contributed by atoms with Gasteiger partial charge in [-0.25, -0.2) is 17.7 Å². The van der Waals surface area contributed by atoms with E-state index in [4.69, 9.17) is 11.6 Å². The number of pyridine rings is 1. The lowest BCUT2D eigenvalue weighted by Gasteiger charge is -2.19. The van der Waals surface area contributed by atoms with Crippen molar-refractivity contribution in [2.75, 3.05) is 26.0 Å². The zero-order valence-corrected chi connectivity index (χ0v) is 12.5. The van der Waals surface area contributed by atoms with E-state index in [0.717, 1.165) is 0 Å². The summed E-state index contributed by atoms with van der Waals surface area (Å²) in [5.74, 6) is 0.715. The van der Waals surface area contributed by atoms with Crippen LogP contribution >= 0.6 is 11.6 Å². The van der Waals surface area contributed by atoms with Crippen LogP contribution in [0.4, 0.5) is 5.82 Å². The zero-order chi connectivity index (χ0) is 13.9. The summed E-state index contributed by atoms with van der Waals surface area (Å²) in [6, 6.07) is 1.41. The Morgan fingerprint density at radius 2 is 2.11 bits per heavy atom. The molecule has 1 aromatic heterocycles. The van der Waals surface area contributed by atoms with E-state index >= 15 is 0 Å². The molecule has 0 radical (unpaired) electrons. The van der Waals surface area contributed by atoms with Gasteiger partial charge in [0.1, 0.15) is 10.7 Å². The minimum atomic E-state index is -3.52. The van der Waals surface area contributed by atoms with Gasteiger partial charge >= 0.3 is 0 Å². The average Bonchev–Trinajstić information content (AvgIpc) is 2.27. The molecule has 18 heavy (non-hydrogen) atoms. The van der Waals surface area contributed by atoms with Gasteiger partial charge in [-0.2, -0.15) is 0 Å². The molecular formula is C11H18ClN3O2S. The van der Waals surface area contributed by atoms with E-state index in [2.05, 4.69) is 10.3 Å². The molecule has 0 aliphatic rings. The van der Waals surface area contributed by atoms with Crippen molar-refractivity contribution >= 4 is 27.4 Å². The van der Waals surface area contributed by atoms with Crippen molar-refractivity contribution in [3.63, 3.8) is 0 Å². The van der Waals surface area contributed by atoms with Crippen LogP contribution in [0.5, 0.6) is 0 Å². The Balaban J connectivity index is 3.09. The first kappa shape index (κ1) is 15.2. The molecule has 0 saturated carbocycles. The first-order valence-corrected chi connectivity index (χ1v) is 7.40. The summed E-state index contributed by atoms with van der Waals surface area (Å²) < 4.78 is 25.8. The average molecular weight is 292 g/mol. The quantitative estimate of drug-likeness (QED) is 0.902. The minimum absolute atomic E-state index is 0.106. The molecule has 5 nitrogen and oxygen atoms in total. The predicted molar refractivity (Wildman–Crippen MR) is 73.4 cm³/mol. The van der Waals surface area contributed by atoms with E-state index < -0.39 is 10.0 Å². The van der Waals surface area contributed by atoms with Gasteiger partial charge in [0.25, 0.3) is 0 Å². The number of rotatable bonds is 5. The maximum absolute atomic E-state index is 12.2. The second-order valence-electron chi connectivity index (χ2n) is 4.43. The van der Waals surface area contributed by atoms with E-state index in [9.17, 15) is 8.42 Å². The standard InChI is InChI=1S/C11H18ClN3O2S/c1-8(2)7-15(4)18(16,17)9-5-10(12)11(13-3)14-6-9/h5-6,8H,7H2,1-4H3,(H,13,14). The summed E-state index contributed by atoms with van der Waals surface area (Å²) >= 11 is 5.94. The highest BCUT2D eigenvalue weighted by atomic mass is 35.5. The van der Waals surface area contributed by atoms with E-state index in [1.807, 2.05) is 13.8 Å². The number of nitrogens with zero attached hydrogens (tertiary/aromatic N) is 2. The highest BCUT2D eigenvalue weighted by Gasteiger charge is 2.22. The first-order chi connectivity index (χ1) is 8.28. The van der Waals surface area contributed by atoms with Crippen LogP contribution in [-0.2, 0) is 10.0 Å². The van der Waals surface area contributed by atoms with Gasteiger partial charge in [-0.3, -0.25) is 0 Å². The SMILES string of the molecule is CNc1ncc(S(=O)(=O)N(C)CC(C)C)cc1Cl. The van der Waals surface area contributed by atoms with Gasteiger partial charge < -0.3 is 5.32 Å². The van der Waals surface area contributed by atoms with Crippen LogP contribution < -0.4 is 5.32 Å². The fourth-order valence-corrected chi connectivity index (χ4v) is 3.17.